The first-order chi connectivity index (χ1) is 6.29. The van der Waals surface area contributed by atoms with E-state index in [9.17, 15) is 4.79 Å². The van der Waals surface area contributed by atoms with Crippen LogP contribution >= 0.6 is 22.6 Å². The number of hydrogen-bond acceptors (Lipinski definition) is 1. The van der Waals surface area contributed by atoms with Gasteiger partial charge in [-0.2, -0.15) is 0 Å². The summed E-state index contributed by atoms with van der Waals surface area (Å²) in [5.74, 6) is 0. The Bertz CT molecular complexity index is 340. The summed E-state index contributed by atoms with van der Waals surface area (Å²) >= 11 is 2.24. The first-order valence-corrected chi connectivity index (χ1v) is 5.17. The molecule has 1 fully saturated rings. The van der Waals surface area contributed by atoms with Gasteiger partial charge in [0.05, 0.1) is 5.69 Å². The Kier molecular flexibility index (Phi) is 2.39. The van der Waals surface area contributed by atoms with Crippen molar-refractivity contribution in [2.24, 2.45) is 0 Å². The molecule has 13 heavy (non-hydrogen) atoms. The SMILES string of the molecule is O=C1NCCN1c1ccccc1I. The van der Waals surface area contributed by atoms with Crippen LogP contribution in [0.5, 0.6) is 0 Å². The van der Waals surface area contributed by atoms with Gasteiger partial charge in [-0.3, -0.25) is 4.90 Å². The van der Waals surface area contributed by atoms with Gasteiger partial charge >= 0.3 is 6.03 Å². The number of carbonyl (C=O) groups is 1. The Morgan fingerprint density at radius 3 is 2.77 bits per heavy atom. The largest absolute Gasteiger partial charge is 0.336 e. The smallest absolute Gasteiger partial charge is 0.322 e. The molecule has 1 saturated heterocycles. The third kappa shape index (κ3) is 1.63. The molecule has 0 aliphatic carbocycles. The average Bonchev–Trinajstić information content (AvgIpc) is 2.52. The highest BCUT2D eigenvalue weighted by molar-refractivity contribution is 14.1. The van der Waals surface area contributed by atoms with Crippen LogP contribution in [0.1, 0.15) is 0 Å². The molecule has 0 spiro atoms. The summed E-state index contributed by atoms with van der Waals surface area (Å²) in [6.07, 6.45) is 0. The van der Waals surface area contributed by atoms with E-state index < -0.39 is 0 Å². The highest BCUT2D eigenvalue weighted by Gasteiger charge is 2.22. The van der Waals surface area contributed by atoms with Crippen LogP contribution in [-0.4, -0.2) is 19.1 Å². The van der Waals surface area contributed by atoms with Crippen LogP contribution in [0.15, 0.2) is 24.3 Å². The number of urea groups is 1. The summed E-state index contributed by atoms with van der Waals surface area (Å²) in [6, 6.07) is 7.89. The molecule has 2 rings (SSSR count). The van der Waals surface area contributed by atoms with Crippen LogP contribution in [0, 0.1) is 3.57 Å². The van der Waals surface area contributed by atoms with Crippen molar-refractivity contribution in [1.82, 2.24) is 5.32 Å². The normalized spacial score (nSPS) is 16.1. The molecule has 4 heteroatoms. The Hall–Kier alpha value is -0.780. The fourth-order valence-corrected chi connectivity index (χ4v) is 2.05. The van der Waals surface area contributed by atoms with Crippen molar-refractivity contribution in [2.75, 3.05) is 18.0 Å². The lowest BCUT2D eigenvalue weighted by atomic mass is 10.3. The maximum absolute atomic E-state index is 11.3. The molecule has 1 aliphatic heterocycles. The van der Waals surface area contributed by atoms with Gasteiger partial charge < -0.3 is 5.32 Å². The van der Waals surface area contributed by atoms with E-state index in [0.717, 1.165) is 22.3 Å². The Morgan fingerprint density at radius 1 is 1.38 bits per heavy atom. The number of nitrogens with one attached hydrogen (secondary N) is 1. The lowest BCUT2D eigenvalue weighted by Crippen LogP contribution is -2.28. The minimum absolute atomic E-state index is 0.00381. The predicted molar refractivity (Wildman–Crippen MR) is 59.9 cm³/mol. The van der Waals surface area contributed by atoms with E-state index in [-0.39, 0.29) is 6.03 Å². The van der Waals surface area contributed by atoms with Crippen molar-refractivity contribution in [2.45, 2.75) is 0 Å². The topological polar surface area (TPSA) is 32.3 Å². The van der Waals surface area contributed by atoms with Crippen molar-refractivity contribution < 1.29 is 4.79 Å². The molecule has 1 N–H and O–H groups in total. The van der Waals surface area contributed by atoms with E-state index in [2.05, 4.69) is 27.9 Å². The maximum Gasteiger partial charge on any atom is 0.322 e. The van der Waals surface area contributed by atoms with Gasteiger partial charge in [0.2, 0.25) is 0 Å². The highest BCUT2D eigenvalue weighted by atomic mass is 127. The lowest BCUT2D eigenvalue weighted by Gasteiger charge is -2.15. The van der Waals surface area contributed by atoms with Crippen LogP contribution in [0.3, 0.4) is 0 Å². The predicted octanol–water partition coefficient (Wildman–Crippen LogP) is 1.82. The second-order valence-electron chi connectivity index (χ2n) is 2.83. The number of benzene rings is 1. The molecule has 1 aliphatic rings. The zero-order chi connectivity index (χ0) is 9.26. The monoisotopic (exact) mass is 288 g/mol. The first kappa shape index (κ1) is 8.80. The highest BCUT2D eigenvalue weighted by Crippen LogP contribution is 2.22. The van der Waals surface area contributed by atoms with Gasteiger partial charge in [0.15, 0.2) is 0 Å². The molecule has 0 unspecified atom stereocenters. The summed E-state index contributed by atoms with van der Waals surface area (Å²) in [4.78, 5) is 13.1. The summed E-state index contributed by atoms with van der Waals surface area (Å²) < 4.78 is 1.11. The lowest BCUT2D eigenvalue weighted by molar-refractivity contribution is 0.252. The average molecular weight is 288 g/mol. The molecular weight excluding hydrogens is 279 g/mol. The van der Waals surface area contributed by atoms with Crippen LogP contribution in [0.4, 0.5) is 10.5 Å². The number of anilines is 1. The minimum atomic E-state index is 0.00381. The van der Waals surface area contributed by atoms with Crippen molar-refractivity contribution in [3.8, 4) is 0 Å². The van der Waals surface area contributed by atoms with Crippen LogP contribution < -0.4 is 10.2 Å². The number of nitrogens with zero attached hydrogens (tertiary/aromatic N) is 1. The van der Waals surface area contributed by atoms with Gasteiger partial charge in [-0.15, -0.1) is 0 Å². The van der Waals surface area contributed by atoms with Gasteiger partial charge in [-0.1, -0.05) is 12.1 Å². The van der Waals surface area contributed by atoms with Crippen molar-refractivity contribution in [3.05, 3.63) is 27.8 Å². The molecule has 0 saturated carbocycles. The Morgan fingerprint density at radius 2 is 2.15 bits per heavy atom. The molecule has 3 nitrogen and oxygen atoms in total. The number of rotatable bonds is 1. The van der Waals surface area contributed by atoms with Crippen LogP contribution in [-0.2, 0) is 0 Å². The summed E-state index contributed by atoms with van der Waals surface area (Å²) in [6.45, 7) is 1.50. The molecule has 68 valence electrons. The van der Waals surface area contributed by atoms with Crippen molar-refractivity contribution in [3.63, 3.8) is 0 Å². The third-order valence-electron chi connectivity index (χ3n) is 2.00. The number of hydrogen-bond donors (Lipinski definition) is 1. The fourth-order valence-electron chi connectivity index (χ4n) is 1.37. The Labute approximate surface area is 90.3 Å². The second kappa shape index (κ2) is 3.53. The van der Waals surface area contributed by atoms with Gasteiger partial charge in [0.1, 0.15) is 0 Å². The van der Waals surface area contributed by atoms with E-state index >= 15 is 0 Å². The zero-order valence-corrected chi connectivity index (χ0v) is 9.11. The zero-order valence-electron chi connectivity index (χ0n) is 6.96. The van der Waals surface area contributed by atoms with Gasteiger partial charge in [-0.05, 0) is 34.7 Å². The molecule has 1 heterocycles. The second-order valence-corrected chi connectivity index (χ2v) is 4.00. The van der Waals surface area contributed by atoms with Crippen molar-refractivity contribution in [1.29, 1.82) is 0 Å². The van der Waals surface area contributed by atoms with Gasteiger partial charge in [-0.25, -0.2) is 4.79 Å². The number of para-hydroxylation sites is 1. The van der Waals surface area contributed by atoms with Gasteiger partial charge in [0, 0.05) is 16.7 Å². The summed E-state index contributed by atoms with van der Waals surface area (Å²) in [5, 5.41) is 2.78. The molecule has 0 aromatic heterocycles. The Balaban J connectivity index is 2.34. The number of halogens is 1. The van der Waals surface area contributed by atoms with Crippen LogP contribution in [0.25, 0.3) is 0 Å². The molecular formula is C9H9IN2O. The summed E-state index contributed by atoms with van der Waals surface area (Å²) in [7, 11) is 0. The molecule has 2 amide bonds. The summed E-state index contributed by atoms with van der Waals surface area (Å²) in [5.41, 5.74) is 0.998. The quantitative estimate of drug-likeness (QED) is 0.785. The molecule has 1 aromatic carbocycles. The van der Waals surface area contributed by atoms with E-state index in [4.69, 9.17) is 0 Å². The van der Waals surface area contributed by atoms with E-state index in [1.807, 2.05) is 24.3 Å². The van der Waals surface area contributed by atoms with E-state index in [0.29, 0.717) is 0 Å². The van der Waals surface area contributed by atoms with Gasteiger partial charge in [0.25, 0.3) is 0 Å². The minimum Gasteiger partial charge on any atom is -0.336 e. The van der Waals surface area contributed by atoms with E-state index in [1.54, 1.807) is 4.90 Å². The first-order valence-electron chi connectivity index (χ1n) is 4.09. The molecule has 1 aromatic rings. The van der Waals surface area contributed by atoms with E-state index in [1.165, 1.54) is 0 Å². The maximum atomic E-state index is 11.3. The third-order valence-corrected chi connectivity index (χ3v) is 2.91. The molecule has 0 radical (unpaired) electrons. The fraction of sp³-hybridized carbons (Fsp3) is 0.222. The number of amides is 2. The standard InChI is InChI=1S/C9H9IN2O/c10-7-3-1-2-4-8(7)12-6-5-11-9(12)13/h1-4H,5-6H2,(H,11,13). The van der Waals surface area contributed by atoms with Crippen LogP contribution in [0.2, 0.25) is 0 Å². The number of carbonyl (C=O) groups excluding carboxylic acids is 1. The van der Waals surface area contributed by atoms with Crippen molar-refractivity contribution >= 4 is 34.3 Å². The molecule has 0 atom stereocenters. The molecule has 0 bridgehead atoms.